The standard InChI is InChI=1S/C15H18N4O2S/c1-10-15(19-13-6-4-3-5-12(13)18-10)22-9-14(21)17-8-7-16-11(2)20/h3-6H,7-9H2,1-2H3,(H,16,20)(H,17,21). The number of nitrogens with zero attached hydrogens (tertiary/aromatic N) is 2. The van der Waals surface area contributed by atoms with E-state index in [9.17, 15) is 9.59 Å². The van der Waals surface area contributed by atoms with E-state index >= 15 is 0 Å². The molecule has 22 heavy (non-hydrogen) atoms. The Hall–Kier alpha value is -2.15. The second-order valence-corrected chi connectivity index (χ2v) is 5.69. The zero-order chi connectivity index (χ0) is 15.9. The van der Waals surface area contributed by atoms with Crippen LogP contribution in [0.1, 0.15) is 12.6 Å². The van der Waals surface area contributed by atoms with Gasteiger partial charge < -0.3 is 10.6 Å². The highest BCUT2D eigenvalue weighted by Gasteiger charge is 2.08. The summed E-state index contributed by atoms with van der Waals surface area (Å²) in [5.41, 5.74) is 2.49. The van der Waals surface area contributed by atoms with Gasteiger partial charge in [-0.1, -0.05) is 23.9 Å². The molecule has 6 nitrogen and oxygen atoms in total. The fourth-order valence-electron chi connectivity index (χ4n) is 1.83. The van der Waals surface area contributed by atoms with E-state index in [0.717, 1.165) is 21.8 Å². The van der Waals surface area contributed by atoms with Gasteiger partial charge in [0, 0.05) is 20.0 Å². The number of carbonyl (C=O) groups excluding carboxylic acids is 2. The lowest BCUT2D eigenvalue weighted by atomic mass is 10.3. The van der Waals surface area contributed by atoms with Crippen molar-refractivity contribution in [1.29, 1.82) is 0 Å². The van der Waals surface area contributed by atoms with Crippen molar-refractivity contribution >= 4 is 34.6 Å². The van der Waals surface area contributed by atoms with Gasteiger partial charge in [-0.15, -0.1) is 0 Å². The third-order valence-corrected chi connectivity index (χ3v) is 3.93. The predicted octanol–water partition coefficient (Wildman–Crippen LogP) is 1.28. The Bertz CT molecular complexity index is 690. The van der Waals surface area contributed by atoms with Crippen molar-refractivity contribution in [2.45, 2.75) is 18.9 Å². The summed E-state index contributed by atoms with van der Waals surface area (Å²) in [5, 5.41) is 6.12. The lowest BCUT2D eigenvalue weighted by Gasteiger charge is -2.07. The fraction of sp³-hybridized carbons (Fsp3) is 0.333. The molecule has 0 unspecified atom stereocenters. The van der Waals surface area contributed by atoms with Crippen LogP contribution in [0.3, 0.4) is 0 Å². The molecule has 1 aromatic carbocycles. The van der Waals surface area contributed by atoms with Gasteiger partial charge in [0.15, 0.2) is 0 Å². The molecule has 2 aromatic rings. The van der Waals surface area contributed by atoms with Crippen molar-refractivity contribution < 1.29 is 9.59 Å². The number of rotatable bonds is 6. The first kappa shape index (κ1) is 16.2. The molecule has 0 spiro atoms. The smallest absolute Gasteiger partial charge is 0.230 e. The van der Waals surface area contributed by atoms with Crippen molar-refractivity contribution in [3.8, 4) is 0 Å². The van der Waals surface area contributed by atoms with Gasteiger partial charge in [-0.3, -0.25) is 9.59 Å². The fourth-order valence-corrected chi connectivity index (χ4v) is 2.62. The van der Waals surface area contributed by atoms with Gasteiger partial charge in [0.1, 0.15) is 5.03 Å². The normalized spacial score (nSPS) is 10.5. The number of hydrogen-bond donors (Lipinski definition) is 2. The number of carbonyl (C=O) groups is 2. The lowest BCUT2D eigenvalue weighted by Crippen LogP contribution is -2.34. The van der Waals surface area contributed by atoms with E-state index in [1.807, 2.05) is 31.2 Å². The number of aryl methyl sites for hydroxylation is 1. The quantitative estimate of drug-likeness (QED) is 0.619. The molecule has 2 rings (SSSR count). The number of hydrogen-bond acceptors (Lipinski definition) is 5. The second-order valence-electron chi connectivity index (χ2n) is 4.72. The highest BCUT2D eigenvalue weighted by Crippen LogP contribution is 2.21. The number of benzene rings is 1. The average Bonchev–Trinajstić information content (AvgIpc) is 2.49. The van der Waals surface area contributed by atoms with Crippen molar-refractivity contribution in [2.75, 3.05) is 18.8 Å². The summed E-state index contributed by atoms with van der Waals surface area (Å²) < 4.78 is 0. The topological polar surface area (TPSA) is 84.0 Å². The summed E-state index contributed by atoms with van der Waals surface area (Å²) in [5.74, 6) is 0.0731. The summed E-state index contributed by atoms with van der Waals surface area (Å²) in [6, 6.07) is 7.65. The van der Waals surface area contributed by atoms with Crippen LogP contribution >= 0.6 is 11.8 Å². The van der Waals surface area contributed by atoms with E-state index in [-0.39, 0.29) is 17.6 Å². The van der Waals surface area contributed by atoms with Crippen LogP contribution in [0.4, 0.5) is 0 Å². The van der Waals surface area contributed by atoms with Crippen molar-refractivity contribution in [1.82, 2.24) is 20.6 Å². The molecule has 0 aliphatic heterocycles. The maximum absolute atomic E-state index is 11.7. The highest BCUT2D eigenvalue weighted by molar-refractivity contribution is 7.99. The molecule has 0 aliphatic rings. The van der Waals surface area contributed by atoms with Crippen LogP contribution in [-0.4, -0.2) is 40.6 Å². The number of thioether (sulfide) groups is 1. The van der Waals surface area contributed by atoms with Gasteiger partial charge in [0.05, 0.1) is 22.5 Å². The monoisotopic (exact) mass is 318 g/mol. The summed E-state index contributed by atoms with van der Waals surface area (Å²) in [6.45, 7) is 4.18. The summed E-state index contributed by atoms with van der Waals surface area (Å²) in [4.78, 5) is 31.5. The molecule has 0 bridgehead atoms. The molecular formula is C15H18N4O2S. The zero-order valence-corrected chi connectivity index (χ0v) is 13.4. The third kappa shape index (κ3) is 4.70. The number of nitrogens with one attached hydrogen (secondary N) is 2. The van der Waals surface area contributed by atoms with Crippen LogP contribution in [0.2, 0.25) is 0 Å². The van der Waals surface area contributed by atoms with Crippen molar-refractivity contribution in [2.24, 2.45) is 0 Å². The minimum atomic E-state index is -0.106. The van der Waals surface area contributed by atoms with Crippen molar-refractivity contribution in [3.05, 3.63) is 30.0 Å². The SMILES string of the molecule is CC(=O)NCCNC(=O)CSc1nc2ccccc2nc1C. The molecule has 7 heteroatoms. The van der Waals surface area contributed by atoms with Gasteiger partial charge in [-0.25, -0.2) is 9.97 Å². The Balaban J connectivity index is 1.87. The van der Waals surface area contributed by atoms with E-state index in [1.165, 1.54) is 18.7 Å². The number of fused-ring (bicyclic) bond motifs is 1. The van der Waals surface area contributed by atoms with Gasteiger partial charge in [0.2, 0.25) is 11.8 Å². The predicted molar refractivity (Wildman–Crippen MR) is 86.7 cm³/mol. The number of aromatic nitrogens is 2. The van der Waals surface area contributed by atoms with E-state index in [2.05, 4.69) is 20.6 Å². The van der Waals surface area contributed by atoms with Crippen LogP contribution in [0.15, 0.2) is 29.3 Å². The molecule has 1 aromatic heterocycles. The Morgan fingerprint density at radius 1 is 1.09 bits per heavy atom. The molecule has 116 valence electrons. The molecule has 0 saturated heterocycles. The summed E-state index contributed by atoms with van der Waals surface area (Å²) in [6.07, 6.45) is 0. The first-order valence-electron chi connectivity index (χ1n) is 6.93. The Morgan fingerprint density at radius 3 is 2.41 bits per heavy atom. The molecule has 0 aliphatic carbocycles. The molecule has 2 N–H and O–H groups in total. The lowest BCUT2D eigenvalue weighted by molar-refractivity contribution is -0.120. The summed E-state index contributed by atoms with van der Waals surface area (Å²) >= 11 is 1.36. The first-order valence-corrected chi connectivity index (χ1v) is 7.92. The third-order valence-electron chi connectivity index (χ3n) is 2.86. The average molecular weight is 318 g/mol. The highest BCUT2D eigenvalue weighted by atomic mass is 32.2. The van der Waals surface area contributed by atoms with Crippen LogP contribution in [0.25, 0.3) is 11.0 Å². The van der Waals surface area contributed by atoms with Crippen LogP contribution in [0, 0.1) is 6.92 Å². The van der Waals surface area contributed by atoms with Crippen LogP contribution < -0.4 is 10.6 Å². The van der Waals surface area contributed by atoms with E-state index in [4.69, 9.17) is 0 Å². The van der Waals surface area contributed by atoms with Crippen LogP contribution in [0.5, 0.6) is 0 Å². The second kappa shape index (κ2) is 7.74. The molecule has 1 heterocycles. The van der Waals surface area contributed by atoms with Gasteiger partial charge in [0.25, 0.3) is 0 Å². The largest absolute Gasteiger partial charge is 0.355 e. The maximum Gasteiger partial charge on any atom is 0.230 e. The molecule has 0 saturated carbocycles. The number of amides is 2. The molecule has 0 radical (unpaired) electrons. The maximum atomic E-state index is 11.7. The minimum absolute atomic E-state index is 0.0929. The number of para-hydroxylation sites is 2. The van der Waals surface area contributed by atoms with E-state index < -0.39 is 0 Å². The molecular weight excluding hydrogens is 300 g/mol. The molecule has 0 atom stereocenters. The first-order chi connectivity index (χ1) is 10.6. The Kier molecular flexibility index (Phi) is 5.71. The Labute approximate surface area is 133 Å². The van der Waals surface area contributed by atoms with E-state index in [1.54, 1.807) is 0 Å². The Morgan fingerprint density at radius 2 is 1.73 bits per heavy atom. The van der Waals surface area contributed by atoms with Crippen molar-refractivity contribution in [3.63, 3.8) is 0 Å². The molecule has 2 amide bonds. The zero-order valence-electron chi connectivity index (χ0n) is 12.5. The minimum Gasteiger partial charge on any atom is -0.355 e. The molecule has 0 fully saturated rings. The van der Waals surface area contributed by atoms with Gasteiger partial charge in [-0.2, -0.15) is 0 Å². The van der Waals surface area contributed by atoms with Gasteiger partial charge in [-0.05, 0) is 19.1 Å². The van der Waals surface area contributed by atoms with Gasteiger partial charge >= 0.3 is 0 Å². The van der Waals surface area contributed by atoms with Crippen LogP contribution in [-0.2, 0) is 9.59 Å². The van der Waals surface area contributed by atoms with E-state index in [0.29, 0.717) is 13.1 Å². The summed E-state index contributed by atoms with van der Waals surface area (Å²) in [7, 11) is 0.